The first-order valence-electron chi connectivity index (χ1n) is 4.84. The van der Waals surface area contributed by atoms with Crippen LogP contribution in [0, 0.1) is 0 Å². The van der Waals surface area contributed by atoms with Crippen LogP contribution in [0.25, 0.3) is 0 Å². The molecule has 0 atom stereocenters. The number of nitrogens with zero attached hydrogens (tertiary/aromatic N) is 3. The third-order valence-corrected chi connectivity index (χ3v) is 2.16. The van der Waals surface area contributed by atoms with E-state index in [2.05, 4.69) is 15.5 Å². The van der Waals surface area contributed by atoms with Crippen LogP contribution in [0.3, 0.4) is 0 Å². The molecule has 0 saturated heterocycles. The van der Waals surface area contributed by atoms with E-state index in [-0.39, 0.29) is 0 Å². The van der Waals surface area contributed by atoms with Crippen molar-refractivity contribution < 1.29 is 4.74 Å². The Labute approximate surface area is 88.7 Å². The van der Waals surface area contributed by atoms with Crippen LogP contribution in [0.5, 0.6) is 5.75 Å². The molecule has 0 amide bonds. The van der Waals surface area contributed by atoms with Gasteiger partial charge in [0, 0.05) is 6.42 Å². The van der Waals surface area contributed by atoms with E-state index in [0.717, 1.165) is 23.6 Å². The van der Waals surface area contributed by atoms with Gasteiger partial charge in [-0.15, -0.1) is 10.2 Å². The predicted octanol–water partition coefficient (Wildman–Crippen LogP) is 1.78. The van der Waals surface area contributed by atoms with Crippen LogP contribution in [0.15, 0.2) is 34.5 Å². The highest BCUT2D eigenvalue weighted by molar-refractivity contribution is 6.12. The minimum Gasteiger partial charge on any atom is -0.496 e. The summed E-state index contributed by atoms with van der Waals surface area (Å²) < 4.78 is 5.23. The Hall–Kier alpha value is -1.84. The maximum Gasteiger partial charge on any atom is 0.187 e. The summed E-state index contributed by atoms with van der Waals surface area (Å²) in [5.41, 5.74) is 0.882. The molecule has 0 bridgehead atoms. The van der Waals surface area contributed by atoms with E-state index < -0.39 is 0 Å². The van der Waals surface area contributed by atoms with Gasteiger partial charge in [0.05, 0.1) is 12.7 Å². The average Bonchev–Trinajstić information content (AvgIpc) is 2.77. The Morgan fingerprint density at radius 3 is 2.67 bits per heavy atom. The first-order chi connectivity index (χ1) is 7.35. The van der Waals surface area contributed by atoms with Crippen molar-refractivity contribution in [1.29, 1.82) is 0 Å². The van der Waals surface area contributed by atoms with Crippen LogP contribution in [-0.2, 0) is 0 Å². The van der Waals surface area contributed by atoms with Crippen molar-refractivity contribution in [3.63, 3.8) is 0 Å². The maximum absolute atomic E-state index is 5.23. The molecule has 4 heteroatoms. The standard InChI is InChI=1S/C11H12N3O/c1-3-10-12-11(14-13-10)8-6-4-5-7-9(8)15-2/h4-7H,3H2,1-2H3. The van der Waals surface area contributed by atoms with Crippen LogP contribution >= 0.6 is 0 Å². The number of hydrogen-bond donors (Lipinski definition) is 0. The second-order valence-electron chi connectivity index (χ2n) is 3.11. The van der Waals surface area contributed by atoms with E-state index in [0.29, 0.717) is 5.84 Å². The van der Waals surface area contributed by atoms with Crippen molar-refractivity contribution in [1.82, 2.24) is 5.32 Å². The number of para-hydroxylation sites is 1. The zero-order valence-corrected chi connectivity index (χ0v) is 8.77. The van der Waals surface area contributed by atoms with Gasteiger partial charge in [0.25, 0.3) is 0 Å². The van der Waals surface area contributed by atoms with Crippen LogP contribution in [0.4, 0.5) is 0 Å². The van der Waals surface area contributed by atoms with Gasteiger partial charge in [0.1, 0.15) is 5.75 Å². The van der Waals surface area contributed by atoms with Crippen LogP contribution < -0.4 is 10.1 Å². The van der Waals surface area contributed by atoms with Crippen LogP contribution in [0.1, 0.15) is 18.9 Å². The van der Waals surface area contributed by atoms with Crippen molar-refractivity contribution in [2.45, 2.75) is 13.3 Å². The third-order valence-electron chi connectivity index (χ3n) is 2.16. The molecule has 0 unspecified atom stereocenters. The lowest BCUT2D eigenvalue weighted by Crippen LogP contribution is -2.19. The Morgan fingerprint density at radius 2 is 2.00 bits per heavy atom. The van der Waals surface area contributed by atoms with Gasteiger partial charge in [-0.3, -0.25) is 0 Å². The summed E-state index contributed by atoms with van der Waals surface area (Å²) in [5.74, 6) is 2.16. The molecule has 2 rings (SSSR count). The molecule has 1 aliphatic heterocycles. The summed E-state index contributed by atoms with van der Waals surface area (Å²) in [6.07, 6.45) is 0.794. The summed E-state index contributed by atoms with van der Waals surface area (Å²) in [6, 6.07) is 7.66. The van der Waals surface area contributed by atoms with E-state index in [1.165, 1.54) is 0 Å². The third kappa shape index (κ3) is 1.83. The highest BCUT2D eigenvalue weighted by Crippen LogP contribution is 2.19. The quantitative estimate of drug-likeness (QED) is 0.737. The van der Waals surface area contributed by atoms with Gasteiger partial charge in [0.2, 0.25) is 0 Å². The Bertz CT molecular complexity index is 424. The second kappa shape index (κ2) is 4.13. The van der Waals surface area contributed by atoms with Crippen molar-refractivity contribution in [3.05, 3.63) is 29.8 Å². The predicted molar refractivity (Wildman–Crippen MR) is 59.4 cm³/mol. The van der Waals surface area contributed by atoms with Crippen molar-refractivity contribution in [2.75, 3.05) is 7.11 Å². The van der Waals surface area contributed by atoms with Gasteiger partial charge in [-0.2, -0.15) is 0 Å². The SMILES string of the molecule is CCC1=NN=C(c2ccccc2OC)[N]1. The fourth-order valence-electron chi connectivity index (χ4n) is 1.37. The monoisotopic (exact) mass is 202 g/mol. The zero-order chi connectivity index (χ0) is 10.7. The first kappa shape index (κ1) is 9.71. The molecule has 1 aromatic rings. The summed E-state index contributed by atoms with van der Waals surface area (Å²) in [7, 11) is 1.63. The molecule has 1 aliphatic rings. The molecule has 1 aromatic carbocycles. The normalized spacial score (nSPS) is 14.3. The number of hydrogen-bond acceptors (Lipinski definition) is 3. The summed E-state index contributed by atoms with van der Waals surface area (Å²) in [5, 5.41) is 12.3. The molecule has 0 fully saturated rings. The largest absolute Gasteiger partial charge is 0.496 e. The molecule has 15 heavy (non-hydrogen) atoms. The smallest absolute Gasteiger partial charge is 0.187 e. The summed E-state index contributed by atoms with van der Waals surface area (Å²) in [4.78, 5) is 0. The highest BCUT2D eigenvalue weighted by atomic mass is 16.5. The minimum atomic E-state index is 0.629. The lowest BCUT2D eigenvalue weighted by molar-refractivity contribution is 0.414. The van der Waals surface area contributed by atoms with Gasteiger partial charge >= 0.3 is 0 Å². The van der Waals surface area contributed by atoms with Crippen molar-refractivity contribution in [2.24, 2.45) is 10.2 Å². The average molecular weight is 202 g/mol. The fraction of sp³-hybridized carbons (Fsp3) is 0.273. The van der Waals surface area contributed by atoms with Crippen LogP contribution in [-0.4, -0.2) is 18.8 Å². The Morgan fingerprint density at radius 1 is 1.20 bits per heavy atom. The number of methoxy groups -OCH3 is 1. The molecular weight excluding hydrogens is 190 g/mol. The van der Waals surface area contributed by atoms with Crippen molar-refractivity contribution >= 4 is 11.7 Å². The molecule has 0 saturated carbocycles. The van der Waals surface area contributed by atoms with Gasteiger partial charge in [-0.05, 0) is 12.1 Å². The summed E-state index contributed by atoms with van der Waals surface area (Å²) >= 11 is 0. The molecule has 0 spiro atoms. The number of benzene rings is 1. The molecule has 1 heterocycles. The lowest BCUT2D eigenvalue weighted by atomic mass is 10.2. The Balaban J connectivity index is 2.26. The Kier molecular flexibility index (Phi) is 2.67. The minimum absolute atomic E-state index is 0.629. The zero-order valence-electron chi connectivity index (χ0n) is 8.77. The topological polar surface area (TPSA) is 48.1 Å². The molecule has 77 valence electrons. The highest BCUT2D eigenvalue weighted by Gasteiger charge is 2.17. The van der Waals surface area contributed by atoms with Crippen molar-refractivity contribution in [3.8, 4) is 5.75 Å². The number of rotatable bonds is 3. The fourth-order valence-corrected chi connectivity index (χ4v) is 1.37. The van der Waals surface area contributed by atoms with Crippen LogP contribution in [0.2, 0.25) is 0 Å². The van der Waals surface area contributed by atoms with Gasteiger partial charge in [0.15, 0.2) is 11.7 Å². The number of ether oxygens (including phenoxy) is 1. The maximum atomic E-state index is 5.23. The van der Waals surface area contributed by atoms with Gasteiger partial charge in [-0.1, -0.05) is 19.1 Å². The van der Waals surface area contributed by atoms with E-state index in [4.69, 9.17) is 4.74 Å². The van der Waals surface area contributed by atoms with E-state index in [1.54, 1.807) is 7.11 Å². The van der Waals surface area contributed by atoms with E-state index in [9.17, 15) is 0 Å². The van der Waals surface area contributed by atoms with Gasteiger partial charge in [-0.25, -0.2) is 5.32 Å². The molecule has 4 nitrogen and oxygen atoms in total. The van der Waals surface area contributed by atoms with E-state index in [1.807, 2.05) is 31.2 Å². The van der Waals surface area contributed by atoms with E-state index >= 15 is 0 Å². The molecule has 0 aromatic heterocycles. The molecule has 0 N–H and O–H groups in total. The molecule has 0 aliphatic carbocycles. The lowest BCUT2D eigenvalue weighted by Gasteiger charge is -2.06. The first-order valence-corrected chi connectivity index (χ1v) is 4.84. The molecule has 1 radical (unpaired) electrons. The molecular formula is C11H12N3O. The number of amidine groups is 2. The van der Waals surface area contributed by atoms with Gasteiger partial charge < -0.3 is 4.74 Å². The second-order valence-corrected chi connectivity index (χ2v) is 3.11. The summed E-state index contributed by atoms with van der Waals surface area (Å²) in [6.45, 7) is 2.00.